The van der Waals surface area contributed by atoms with Crippen molar-refractivity contribution in [1.82, 2.24) is 0 Å². The van der Waals surface area contributed by atoms with Crippen LogP contribution in [0, 0.1) is 0 Å². The Kier molecular flexibility index (Phi) is 10.3. The summed E-state index contributed by atoms with van der Waals surface area (Å²) >= 11 is 0. The van der Waals surface area contributed by atoms with E-state index < -0.39 is 5.54 Å². The van der Waals surface area contributed by atoms with Crippen LogP contribution < -0.4 is 0 Å². The van der Waals surface area contributed by atoms with Crippen LogP contribution in [0.1, 0.15) is 5.56 Å². The maximum Gasteiger partial charge on any atom is 0.217 e. The number of rotatable bonds is 15. The number of benzene rings is 1. The molecule has 0 saturated carbocycles. The van der Waals surface area contributed by atoms with Crippen molar-refractivity contribution in [3.63, 3.8) is 0 Å². The topological polar surface area (TPSA) is 86.2 Å². The van der Waals surface area contributed by atoms with Crippen LogP contribution in [0.3, 0.4) is 0 Å². The molecule has 9 heteroatoms. The zero-order valence-electron chi connectivity index (χ0n) is 16.2. The molecule has 0 saturated heterocycles. The van der Waals surface area contributed by atoms with Crippen molar-refractivity contribution >= 4 is 5.90 Å². The predicted molar refractivity (Wildman–Crippen MR) is 99.4 cm³/mol. The van der Waals surface area contributed by atoms with Gasteiger partial charge in [-0.25, -0.2) is 4.99 Å². The van der Waals surface area contributed by atoms with Crippen molar-refractivity contribution in [3.8, 4) is 0 Å². The van der Waals surface area contributed by atoms with Gasteiger partial charge in [0.1, 0.15) is 26.1 Å². The van der Waals surface area contributed by atoms with Crippen molar-refractivity contribution in [2.75, 3.05) is 60.5 Å². The highest BCUT2D eigenvalue weighted by molar-refractivity contribution is 5.95. The van der Waals surface area contributed by atoms with Crippen LogP contribution in [0.15, 0.2) is 47.8 Å². The minimum absolute atomic E-state index is 0.237. The van der Waals surface area contributed by atoms with E-state index >= 15 is 0 Å². The van der Waals surface area contributed by atoms with E-state index in [2.05, 4.69) is 14.8 Å². The van der Waals surface area contributed by atoms with Crippen LogP contribution in [0.25, 0.3) is 0 Å². The monoisotopic (exact) mass is 397 g/mol. The molecule has 0 fully saturated rings. The fourth-order valence-corrected chi connectivity index (χ4v) is 2.27. The third-order valence-corrected chi connectivity index (χ3v) is 3.66. The van der Waals surface area contributed by atoms with E-state index in [0.29, 0.717) is 38.9 Å². The predicted octanol–water partition coefficient (Wildman–Crippen LogP) is 1.88. The molecule has 0 spiro atoms. The van der Waals surface area contributed by atoms with Gasteiger partial charge in [-0.2, -0.15) is 4.89 Å². The Morgan fingerprint density at radius 2 is 1.79 bits per heavy atom. The molecule has 1 unspecified atom stereocenters. The summed E-state index contributed by atoms with van der Waals surface area (Å²) in [5.74, 6) is 0.564. The summed E-state index contributed by atoms with van der Waals surface area (Å²) < 4.78 is 26.8. The first-order valence-corrected chi connectivity index (χ1v) is 8.85. The second-order valence-electron chi connectivity index (χ2n) is 5.90. The average Bonchev–Trinajstić information content (AvgIpc) is 3.15. The van der Waals surface area contributed by atoms with E-state index in [0.717, 1.165) is 5.56 Å². The lowest BCUT2D eigenvalue weighted by Gasteiger charge is -2.22. The first kappa shape index (κ1) is 22.1. The number of methoxy groups -OCH3 is 2. The first-order chi connectivity index (χ1) is 13.8. The summed E-state index contributed by atoms with van der Waals surface area (Å²) in [4.78, 5) is 14.1. The van der Waals surface area contributed by atoms with E-state index in [1.165, 1.54) is 12.5 Å². The fraction of sp³-hybridized carbons (Fsp3) is 0.526. The molecule has 1 heterocycles. The van der Waals surface area contributed by atoms with Gasteiger partial charge in [0.25, 0.3) is 0 Å². The summed E-state index contributed by atoms with van der Waals surface area (Å²) in [5, 5.41) is 4.46. The molecule has 28 heavy (non-hydrogen) atoms. The van der Waals surface area contributed by atoms with Gasteiger partial charge in [-0.1, -0.05) is 18.2 Å². The highest BCUT2D eigenvalue weighted by Crippen LogP contribution is 2.23. The molecule has 1 atom stereocenters. The third kappa shape index (κ3) is 7.83. The van der Waals surface area contributed by atoms with E-state index in [4.69, 9.17) is 28.7 Å². The lowest BCUT2D eigenvalue weighted by Crippen LogP contribution is -2.39. The van der Waals surface area contributed by atoms with Crippen molar-refractivity contribution in [2.45, 2.75) is 5.54 Å². The Hall–Kier alpha value is -2.17. The van der Waals surface area contributed by atoms with Crippen LogP contribution in [-0.2, 0) is 38.5 Å². The molecule has 1 aromatic carbocycles. The smallest absolute Gasteiger partial charge is 0.217 e. The van der Waals surface area contributed by atoms with Gasteiger partial charge in [-0.3, -0.25) is 0 Å². The van der Waals surface area contributed by atoms with Gasteiger partial charge in [0.15, 0.2) is 11.8 Å². The molecule has 9 nitrogen and oxygen atoms in total. The highest BCUT2D eigenvalue weighted by Gasteiger charge is 2.38. The Balaban J connectivity index is 1.85. The number of nitrogens with zero attached hydrogens (tertiary/aromatic N) is 1. The molecule has 156 valence electrons. The van der Waals surface area contributed by atoms with Crippen molar-refractivity contribution in [1.29, 1.82) is 0 Å². The number of ether oxygens (including phenoxy) is 5. The van der Waals surface area contributed by atoms with E-state index in [1.54, 1.807) is 14.2 Å². The quantitative estimate of drug-likeness (QED) is 0.192. The molecule has 1 aliphatic rings. The van der Waals surface area contributed by atoms with Crippen LogP contribution in [0.4, 0.5) is 0 Å². The van der Waals surface area contributed by atoms with Crippen molar-refractivity contribution in [2.24, 2.45) is 4.99 Å². The van der Waals surface area contributed by atoms with Gasteiger partial charge >= 0.3 is 0 Å². The molecule has 0 bridgehead atoms. The van der Waals surface area contributed by atoms with Crippen LogP contribution in [-0.4, -0.2) is 71.9 Å². The lowest BCUT2D eigenvalue weighted by atomic mass is 10.1. The van der Waals surface area contributed by atoms with Gasteiger partial charge in [-0.05, 0) is 17.2 Å². The Bertz CT molecular complexity index is 595. The average molecular weight is 397 g/mol. The summed E-state index contributed by atoms with van der Waals surface area (Å²) in [6, 6.07) is 9.69. The molecular weight excluding hydrogens is 370 g/mol. The molecule has 0 radical (unpaired) electrons. The largest absolute Gasteiger partial charge is 0.495 e. The number of aliphatic imine (C=N–C) groups is 1. The van der Waals surface area contributed by atoms with E-state index in [1.807, 2.05) is 30.3 Å². The minimum atomic E-state index is -0.668. The van der Waals surface area contributed by atoms with Gasteiger partial charge in [0.2, 0.25) is 5.90 Å². The van der Waals surface area contributed by atoms with Crippen LogP contribution >= 0.6 is 0 Å². The maximum absolute atomic E-state index is 5.79. The Morgan fingerprint density at radius 1 is 1.00 bits per heavy atom. The summed E-state index contributed by atoms with van der Waals surface area (Å²) in [7, 11) is 3.18. The zero-order chi connectivity index (χ0) is 19.9. The molecule has 2 rings (SSSR count). The zero-order valence-corrected chi connectivity index (χ0v) is 16.2. The molecular formula is C19H27NO8. The van der Waals surface area contributed by atoms with Crippen LogP contribution in [0.5, 0.6) is 0 Å². The minimum Gasteiger partial charge on any atom is -0.495 e. The number of hydrogen-bond acceptors (Lipinski definition) is 9. The Labute approximate surface area is 164 Å². The second-order valence-corrected chi connectivity index (χ2v) is 5.90. The van der Waals surface area contributed by atoms with Crippen molar-refractivity contribution < 1.29 is 38.5 Å². The standard InChI is InChI=1S/C19H27NO8/c1-21-8-10-23-14-19(15-24-11-13-27-28-26-12-9-22-2)16-25-18(20-19)17-6-4-3-5-7-17/h3-7,11,13H,8-10,12,14-16H2,1-2H3/b13-11+. The lowest BCUT2D eigenvalue weighted by molar-refractivity contribution is -0.491. The summed E-state index contributed by atoms with van der Waals surface area (Å²) in [6.07, 6.45) is 2.55. The summed E-state index contributed by atoms with van der Waals surface area (Å²) in [6.45, 7) is 2.52. The molecule has 1 aromatic rings. The molecule has 0 N–H and O–H groups in total. The number of hydrogen-bond donors (Lipinski definition) is 0. The third-order valence-electron chi connectivity index (χ3n) is 3.66. The molecule has 1 aliphatic heterocycles. The van der Waals surface area contributed by atoms with Crippen LogP contribution in [0.2, 0.25) is 0 Å². The maximum atomic E-state index is 5.79. The SMILES string of the molecule is COCCOCC1(CO/C=C/OOOCCOC)COC(c2ccccc2)=N1. The Morgan fingerprint density at radius 3 is 2.57 bits per heavy atom. The molecule has 0 aromatic heterocycles. The van der Waals surface area contributed by atoms with Gasteiger partial charge in [-0.15, -0.1) is 0 Å². The summed E-state index contributed by atoms with van der Waals surface area (Å²) in [5.41, 5.74) is 0.237. The van der Waals surface area contributed by atoms with Gasteiger partial charge < -0.3 is 28.6 Å². The van der Waals surface area contributed by atoms with E-state index in [-0.39, 0.29) is 13.2 Å². The normalized spacial score (nSPS) is 18.9. The fourth-order valence-electron chi connectivity index (χ4n) is 2.27. The molecule has 0 amide bonds. The highest BCUT2D eigenvalue weighted by atomic mass is 17.5. The van der Waals surface area contributed by atoms with Crippen molar-refractivity contribution in [3.05, 3.63) is 48.4 Å². The first-order valence-electron chi connectivity index (χ1n) is 8.85. The van der Waals surface area contributed by atoms with Gasteiger partial charge in [0.05, 0.1) is 26.4 Å². The van der Waals surface area contributed by atoms with E-state index in [9.17, 15) is 0 Å². The molecule has 0 aliphatic carbocycles. The second kappa shape index (κ2) is 13.1. The van der Waals surface area contributed by atoms with Gasteiger partial charge in [0, 0.05) is 19.8 Å².